The van der Waals surface area contributed by atoms with Crippen molar-refractivity contribution < 1.29 is 27.5 Å². The van der Waals surface area contributed by atoms with Crippen LogP contribution < -0.4 is 10.0 Å². The summed E-state index contributed by atoms with van der Waals surface area (Å²) in [7, 11) is -4.30. The number of carboxylic acid groups (broad SMARTS) is 1. The summed E-state index contributed by atoms with van der Waals surface area (Å²) >= 11 is 0. The summed E-state index contributed by atoms with van der Waals surface area (Å²) in [5.74, 6) is -2.91. The molecular formula is C11H13FN2O5S. The van der Waals surface area contributed by atoms with Crippen LogP contribution in [0.15, 0.2) is 23.1 Å². The monoisotopic (exact) mass is 304 g/mol. The van der Waals surface area contributed by atoms with Crippen molar-refractivity contribution >= 4 is 27.6 Å². The standard InChI is InChI=1S/C11H13FN2O5S/c1-6(11(16)17)14-20(18,19)10-4-3-8(5-9(10)12)13-7(2)15/h3-6,14H,1-2H3,(H,13,15)(H,16,17)/t6-/m0/s1. The van der Waals surface area contributed by atoms with Gasteiger partial charge in [0, 0.05) is 12.6 Å². The molecule has 20 heavy (non-hydrogen) atoms. The van der Waals surface area contributed by atoms with E-state index in [1.807, 2.05) is 4.72 Å². The Morgan fingerprint density at radius 1 is 1.35 bits per heavy atom. The van der Waals surface area contributed by atoms with E-state index in [2.05, 4.69) is 5.32 Å². The van der Waals surface area contributed by atoms with Gasteiger partial charge in [0.1, 0.15) is 16.8 Å². The van der Waals surface area contributed by atoms with Gasteiger partial charge >= 0.3 is 5.97 Å². The number of anilines is 1. The first-order valence-corrected chi connectivity index (χ1v) is 6.94. The van der Waals surface area contributed by atoms with Gasteiger partial charge in [0.25, 0.3) is 0 Å². The zero-order chi connectivity index (χ0) is 15.5. The third-order valence-corrected chi connectivity index (χ3v) is 3.82. The number of hydrogen-bond acceptors (Lipinski definition) is 4. The van der Waals surface area contributed by atoms with Gasteiger partial charge in [-0.15, -0.1) is 0 Å². The molecule has 0 radical (unpaired) electrons. The van der Waals surface area contributed by atoms with E-state index in [0.717, 1.165) is 19.1 Å². The van der Waals surface area contributed by atoms with Crippen molar-refractivity contribution in [1.82, 2.24) is 4.72 Å². The van der Waals surface area contributed by atoms with E-state index in [1.165, 1.54) is 13.0 Å². The zero-order valence-corrected chi connectivity index (χ0v) is 11.5. The Hall–Kier alpha value is -2.00. The maximum absolute atomic E-state index is 13.7. The summed E-state index contributed by atoms with van der Waals surface area (Å²) in [5.41, 5.74) is 0.0974. The van der Waals surface area contributed by atoms with E-state index in [9.17, 15) is 22.4 Å². The summed E-state index contributed by atoms with van der Waals surface area (Å²) in [6.07, 6.45) is 0. The molecule has 0 unspecified atom stereocenters. The molecule has 1 amide bonds. The second-order valence-corrected chi connectivity index (χ2v) is 5.69. The number of carbonyl (C=O) groups excluding carboxylic acids is 1. The zero-order valence-electron chi connectivity index (χ0n) is 10.7. The van der Waals surface area contributed by atoms with Crippen LogP contribution in [-0.2, 0) is 19.6 Å². The highest BCUT2D eigenvalue weighted by molar-refractivity contribution is 7.89. The van der Waals surface area contributed by atoms with Gasteiger partial charge in [-0.2, -0.15) is 4.72 Å². The molecule has 1 aromatic rings. The van der Waals surface area contributed by atoms with E-state index in [1.54, 1.807) is 0 Å². The van der Waals surface area contributed by atoms with E-state index >= 15 is 0 Å². The molecule has 0 fully saturated rings. The first-order valence-electron chi connectivity index (χ1n) is 5.46. The maximum atomic E-state index is 13.7. The van der Waals surface area contributed by atoms with Crippen LogP contribution in [0.1, 0.15) is 13.8 Å². The average Bonchev–Trinajstić information content (AvgIpc) is 2.26. The molecule has 110 valence electrons. The first kappa shape index (κ1) is 16.1. The van der Waals surface area contributed by atoms with Crippen molar-refractivity contribution in [2.24, 2.45) is 0 Å². The van der Waals surface area contributed by atoms with Crippen LogP contribution in [0.2, 0.25) is 0 Å². The number of hydrogen-bond donors (Lipinski definition) is 3. The fraction of sp³-hybridized carbons (Fsp3) is 0.273. The molecular weight excluding hydrogens is 291 g/mol. The minimum Gasteiger partial charge on any atom is -0.480 e. The number of nitrogens with one attached hydrogen (secondary N) is 2. The van der Waals surface area contributed by atoms with Gasteiger partial charge < -0.3 is 10.4 Å². The summed E-state index contributed by atoms with van der Waals surface area (Å²) in [5, 5.41) is 10.9. The van der Waals surface area contributed by atoms with E-state index in [-0.39, 0.29) is 5.69 Å². The van der Waals surface area contributed by atoms with Crippen LogP contribution in [0, 0.1) is 5.82 Å². The smallest absolute Gasteiger partial charge is 0.321 e. The molecule has 0 aliphatic carbocycles. The summed E-state index contributed by atoms with van der Waals surface area (Å²) in [6.45, 7) is 2.34. The Labute approximate surface area is 114 Å². The molecule has 7 nitrogen and oxygen atoms in total. The largest absolute Gasteiger partial charge is 0.480 e. The fourth-order valence-corrected chi connectivity index (χ4v) is 2.60. The Kier molecular flexibility index (Phi) is 4.79. The van der Waals surface area contributed by atoms with Crippen LogP contribution in [0.3, 0.4) is 0 Å². The normalized spacial score (nSPS) is 12.8. The molecule has 0 bridgehead atoms. The van der Waals surface area contributed by atoms with Crippen molar-refractivity contribution in [1.29, 1.82) is 0 Å². The molecule has 0 aliphatic rings. The number of sulfonamides is 1. The number of aliphatic carboxylic acids is 1. The van der Waals surface area contributed by atoms with Gasteiger partial charge in [0.15, 0.2) is 0 Å². The minimum atomic E-state index is -4.30. The minimum absolute atomic E-state index is 0.0974. The van der Waals surface area contributed by atoms with Crippen molar-refractivity contribution in [3.8, 4) is 0 Å². The Bertz CT molecular complexity index is 644. The molecule has 0 aromatic heterocycles. The highest BCUT2D eigenvalue weighted by Gasteiger charge is 2.24. The predicted octanol–water partition coefficient (Wildman–Crippen LogP) is 0.535. The molecule has 0 saturated heterocycles. The van der Waals surface area contributed by atoms with E-state index in [0.29, 0.717) is 0 Å². The first-order chi connectivity index (χ1) is 9.13. The fourth-order valence-electron chi connectivity index (χ4n) is 1.35. The third-order valence-electron chi connectivity index (χ3n) is 2.24. The average molecular weight is 304 g/mol. The van der Waals surface area contributed by atoms with E-state index < -0.39 is 38.7 Å². The number of carboxylic acids is 1. The van der Waals surface area contributed by atoms with Crippen LogP contribution in [0.4, 0.5) is 10.1 Å². The molecule has 1 aromatic carbocycles. The van der Waals surface area contributed by atoms with Gasteiger partial charge in [0.05, 0.1) is 0 Å². The molecule has 0 aliphatic heterocycles. The molecule has 1 atom stereocenters. The number of carbonyl (C=O) groups is 2. The summed E-state index contributed by atoms with van der Waals surface area (Å²) < 4.78 is 39.1. The van der Waals surface area contributed by atoms with Crippen LogP contribution in [0.5, 0.6) is 0 Å². The van der Waals surface area contributed by atoms with Crippen molar-refractivity contribution in [2.75, 3.05) is 5.32 Å². The molecule has 0 heterocycles. The second kappa shape index (κ2) is 5.97. The summed E-state index contributed by atoms with van der Waals surface area (Å²) in [6, 6.07) is 1.58. The van der Waals surface area contributed by atoms with Crippen LogP contribution in [0.25, 0.3) is 0 Å². The van der Waals surface area contributed by atoms with Gasteiger partial charge in [-0.25, -0.2) is 12.8 Å². The van der Waals surface area contributed by atoms with E-state index in [4.69, 9.17) is 5.11 Å². The second-order valence-electron chi connectivity index (χ2n) is 4.01. The van der Waals surface area contributed by atoms with Crippen molar-refractivity contribution in [3.63, 3.8) is 0 Å². The number of rotatable bonds is 5. The molecule has 0 spiro atoms. The Morgan fingerprint density at radius 2 is 1.95 bits per heavy atom. The molecule has 1 rings (SSSR count). The van der Waals surface area contributed by atoms with Gasteiger partial charge in [-0.3, -0.25) is 9.59 Å². The van der Waals surface area contributed by atoms with Crippen LogP contribution >= 0.6 is 0 Å². The Morgan fingerprint density at radius 3 is 2.40 bits per heavy atom. The molecule has 3 N–H and O–H groups in total. The highest BCUT2D eigenvalue weighted by atomic mass is 32.2. The lowest BCUT2D eigenvalue weighted by Crippen LogP contribution is -2.38. The topological polar surface area (TPSA) is 113 Å². The van der Waals surface area contributed by atoms with Crippen molar-refractivity contribution in [2.45, 2.75) is 24.8 Å². The third kappa shape index (κ3) is 4.00. The molecule has 9 heteroatoms. The number of benzene rings is 1. The highest BCUT2D eigenvalue weighted by Crippen LogP contribution is 2.19. The lowest BCUT2D eigenvalue weighted by molar-refractivity contribution is -0.138. The lowest BCUT2D eigenvalue weighted by atomic mass is 10.3. The quantitative estimate of drug-likeness (QED) is 0.734. The van der Waals surface area contributed by atoms with Gasteiger partial charge in [-0.1, -0.05) is 0 Å². The summed E-state index contributed by atoms with van der Waals surface area (Å²) in [4.78, 5) is 20.7. The number of amides is 1. The van der Waals surface area contributed by atoms with Gasteiger partial charge in [-0.05, 0) is 25.1 Å². The lowest BCUT2D eigenvalue weighted by Gasteiger charge is -2.11. The number of halogens is 1. The SMILES string of the molecule is CC(=O)Nc1ccc(S(=O)(=O)N[C@@H](C)C(=O)O)c(F)c1. The Balaban J connectivity index is 3.07. The predicted molar refractivity (Wildman–Crippen MR) is 68.1 cm³/mol. The van der Waals surface area contributed by atoms with Gasteiger partial charge in [0.2, 0.25) is 15.9 Å². The molecule has 0 saturated carbocycles. The van der Waals surface area contributed by atoms with Crippen LogP contribution in [-0.4, -0.2) is 31.4 Å². The maximum Gasteiger partial charge on any atom is 0.321 e. The van der Waals surface area contributed by atoms with Crippen molar-refractivity contribution in [3.05, 3.63) is 24.0 Å².